The second-order valence-electron chi connectivity index (χ2n) is 10.7. The monoisotopic (exact) mass is 503 g/mol. The normalized spacial score (nSPS) is 11.7. The van der Waals surface area contributed by atoms with Crippen molar-refractivity contribution < 1.29 is 4.42 Å². The molecule has 6 aromatic carbocycles. The van der Waals surface area contributed by atoms with E-state index in [2.05, 4.69) is 111 Å². The second-order valence-corrected chi connectivity index (χ2v) is 10.7. The first-order chi connectivity index (χ1) is 19.2. The summed E-state index contributed by atoms with van der Waals surface area (Å²) >= 11 is 0. The molecule has 0 fully saturated rings. The molecule has 1 heterocycles. The number of hydrogen-bond donors (Lipinski definition) is 0. The van der Waals surface area contributed by atoms with Crippen molar-refractivity contribution in [3.05, 3.63) is 127 Å². The third-order valence-corrected chi connectivity index (χ3v) is 7.51. The smallest absolute Gasteiger partial charge is 0.227 e. The lowest BCUT2D eigenvalue weighted by molar-refractivity contribution is 0.620. The molecule has 0 bridgehead atoms. The SMILES string of the molecule is CC(C)Cc1ccc2c(-c3ccc(-c4nc5ccccc5o4)cc3)c3ccccc3c(-c3ccccc3)c2c1. The molecule has 1 aromatic heterocycles. The molecule has 188 valence electrons. The van der Waals surface area contributed by atoms with Gasteiger partial charge in [0.15, 0.2) is 5.58 Å². The standard InChI is InChI=1S/C37H29NO/c1-24(2)22-25-16-21-31-32(23-25)36(26-10-4-3-5-11-26)30-13-7-6-12-29(30)35(31)27-17-19-28(20-18-27)37-38-33-14-8-9-15-34(33)39-37/h3-21,23-24H,22H2,1-2H3. The average molecular weight is 504 g/mol. The van der Waals surface area contributed by atoms with Crippen LogP contribution in [0.1, 0.15) is 19.4 Å². The van der Waals surface area contributed by atoms with Gasteiger partial charge in [-0.15, -0.1) is 0 Å². The van der Waals surface area contributed by atoms with Crippen LogP contribution in [0.25, 0.3) is 66.4 Å². The van der Waals surface area contributed by atoms with E-state index in [4.69, 9.17) is 9.40 Å². The van der Waals surface area contributed by atoms with Crippen molar-refractivity contribution in [2.75, 3.05) is 0 Å². The van der Waals surface area contributed by atoms with E-state index < -0.39 is 0 Å². The lowest BCUT2D eigenvalue weighted by atomic mass is 9.84. The number of aromatic nitrogens is 1. The maximum absolute atomic E-state index is 6.04. The highest BCUT2D eigenvalue weighted by Gasteiger charge is 2.18. The topological polar surface area (TPSA) is 26.0 Å². The summed E-state index contributed by atoms with van der Waals surface area (Å²) in [6.45, 7) is 4.57. The molecule has 0 radical (unpaired) electrons. The van der Waals surface area contributed by atoms with Crippen molar-refractivity contribution in [1.82, 2.24) is 4.98 Å². The molecule has 2 nitrogen and oxygen atoms in total. The van der Waals surface area contributed by atoms with Crippen molar-refractivity contribution in [3.63, 3.8) is 0 Å². The molecule has 7 rings (SSSR count). The third kappa shape index (κ3) is 4.19. The number of nitrogens with zero attached hydrogens (tertiary/aromatic N) is 1. The van der Waals surface area contributed by atoms with Gasteiger partial charge in [0.2, 0.25) is 5.89 Å². The second kappa shape index (κ2) is 9.56. The molecule has 0 amide bonds. The molecule has 2 heteroatoms. The van der Waals surface area contributed by atoms with Gasteiger partial charge in [-0.1, -0.05) is 111 Å². The molecule has 0 unspecified atom stereocenters. The van der Waals surface area contributed by atoms with Gasteiger partial charge < -0.3 is 4.42 Å². The molecule has 0 N–H and O–H groups in total. The summed E-state index contributed by atoms with van der Waals surface area (Å²) in [5.74, 6) is 1.25. The zero-order valence-corrected chi connectivity index (χ0v) is 22.2. The molecule has 0 aliphatic heterocycles. The van der Waals surface area contributed by atoms with Crippen molar-refractivity contribution in [1.29, 1.82) is 0 Å². The van der Waals surface area contributed by atoms with E-state index in [9.17, 15) is 0 Å². The Balaban J connectivity index is 1.46. The fraction of sp³-hybridized carbons (Fsp3) is 0.108. The zero-order valence-electron chi connectivity index (χ0n) is 22.2. The van der Waals surface area contributed by atoms with Gasteiger partial charge in [-0.3, -0.25) is 0 Å². The minimum Gasteiger partial charge on any atom is -0.436 e. The molecule has 39 heavy (non-hydrogen) atoms. The van der Waals surface area contributed by atoms with Crippen LogP contribution in [0.4, 0.5) is 0 Å². The summed E-state index contributed by atoms with van der Waals surface area (Å²) < 4.78 is 6.04. The van der Waals surface area contributed by atoms with E-state index in [1.54, 1.807) is 0 Å². The Bertz CT molecular complexity index is 1910. The Labute approximate surface area is 228 Å². The van der Waals surface area contributed by atoms with Crippen LogP contribution < -0.4 is 0 Å². The van der Waals surface area contributed by atoms with Crippen molar-refractivity contribution in [3.8, 4) is 33.7 Å². The Morgan fingerprint density at radius 2 is 1.15 bits per heavy atom. The Morgan fingerprint density at radius 3 is 1.87 bits per heavy atom. The van der Waals surface area contributed by atoms with Crippen LogP contribution in [0.3, 0.4) is 0 Å². The van der Waals surface area contributed by atoms with Gasteiger partial charge in [0.1, 0.15) is 5.52 Å². The van der Waals surface area contributed by atoms with E-state index >= 15 is 0 Å². The van der Waals surface area contributed by atoms with Crippen LogP contribution in [0.5, 0.6) is 0 Å². The maximum Gasteiger partial charge on any atom is 0.227 e. The van der Waals surface area contributed by atoms with Crippen molar-refractivity contribution >= 4 is 32.6 Å². The number of benzene rings is 6. The van der Waals surface area contributed by atoms with Gasteiger partial charge in [-0.2, -0.15) is 0 Å². The average Bonchev–Trinajstić information content (AvgIpc) is 3.41. The Morgan fingerprint density at radius 1 is 0.564 bits per heavy atom. The number of fused-ring (bicyclic) bond motifs is 3. The summed E-state index contributed by atoms with van der Waals surface area (Å²) in [5.41, 5.74) is 9.04. The summed E-state index contributed by atoms with van der Waals surface area (Å²) in [7, 11) is 0. The molecule has 0 saturated heterocycles. The van der Waals surface area contributed by atoms with E-state index in [-0.39, 0.29) is 0 Å². The van der Waals surface area contributed by atoms with Gasteiger partial charge in [-0.05, 0) is 86.0 Å². The molecule has 0 aliphatic carbocycles. The van der Waals surface area contributed by atoms with Gasteiger partial charge in [0.05, 0.1) is 0 Å². The Kier molecular flexibility index (Phi) is 5.74. The highest BCUT2D eigenvalue weighted by atomic mass is 16.3. The first kappa shape index (κ1) is 23.4. The minimum atomic E-state index is 0.599. The van der Waals surface area contributed by atoms with Crippen LogP contribution >= 0.6 is 0 Å². The van der Waals surface area contributed by atoms with E-state index in [1.807, 2.05) is 24.3 Å². The predicted molar refractivity (Wildman–Crippen MR) is 164 cm³/mol. The van der Waals surface area contributed by atoms with Crippen LogP contribution in [0.2, 0.25) is 0 Å². The molecule has 0 atom stereocenters. The summed E-state index contributed by atoms with van der Waals surface area (Å²) in [5, 5.41) is 5.11. The number of oxazole rings is 1. The lowest BCUT2D eigenvalue weighted by Gasteiger charge is -2.19. The van der Waals surface area contributed by atoms with E-state index in [0.29, 0.717) is 11.8 Å². The summed E-state index contributed by atoms with van der Waals surface area (Å²) in [4.78, 5) is 4.70. The summed E-state index contributed by atoms with van der Waals surface area (Å²) in [6.07, 6.45) is 1.06. The van der Waals surface area contributed by atoms with Crippen LogP contribution in [0, 0.1) is 5.92 Å². The van der Waals surface area contributed by atoms with Crippen LogP contribution in [0.15, 0.2) is 126 Å². The highest BCUT2D eigenvalue weighted by Crippen LogP contribution is 2.44. The fourth-order valence-electron chi connectivity index (χ4n) is 5.83. The van der Waals surface area contributed by atoms with Gasteiger partial charge in [0.25, 0.3) is 0 Å². The number of para-hydroxylation sites is 2. The highest BCUT2D eigenvalue weighted by molar-refractivity contribution is 6.21. The lowest BCUT2D eigenvalue weighted by Crippen LogP contribution is -1.96. The predicted octanol–water partition coefficient (Wildman–Crippen LogP) is 10.3. The molecule has 7 aromatic rings. The first-order valence-electron chi connectivity index (χ1n) is 13.6. The first-order valence-corrected chi connectivity index (χ1v) is 13.6. The van der Waals surface area contributed by atoms with Crippen molar-refractivity contribution in [2.45, 2.75) is 20.3 Å². The number of hydrogen-bond acceptors (Lipinski definition) is 2. The minimum absolute atomic E-state index is 0.599. The van der Waals surface area contributed by atoms with Crippen LogP contribution in [-0.4, -0.2) is 4.98 Å². The van der Waals surface area contributed by atoms with Crippen LogP contribution in [-0.2, 0) is 6.42 Å². The van der Waals surface area contributed by atoms with Gasteiger partial charge >= 0.3 is 0 Å². The molecule has 0 spiro atoms. The number of rotatable bonds is 5. The van der Waals surface area contributed by atoms with Crippen molar-refractivity contribution in [2.24, 2.45) is 5.92 Å². The molecule has 0 aliphatic rings. The third-order valence-electron chi connectivity index (χ3n) is 7.51. The molecular formula is C37H29NO. The quantitative estimate of drug-likeness (QED) is 0.218. The molecule has 0 saturated carbocycles. The van der Waals surface area contributed by atoms with Gasteiger partial charge in [-0.25, -0.2) is 4.98 Å². The zero-order chi connectivity index (χ0) is 26.3. The fourth-order valence-corrected chi connectivity index (χ4v) is 5.83. The molecular weight excluding hydrogens is 474 g/mol. The van der Waals surface area contributed by atoms with Gasteiger partial charge in [0, 0.05) is 5.56 Å². The summed E-state index contributed by atoms with van der Waals surface area (Å²) in [6, 6.07) is 43.2. The van der Waals surface area contributed by atoms with E-state index in [1.165, 1.54) is 49.4 Å². The van der Waals surface area contributed by atoms with E-state index in [0.717, 1.165) is 23.1 Å². The largest absolute Gasteiger partial charge is 0.436 e. The Hall–Kier alpha value is -4.69. The maximum atomic E-state index is 6.04.